The van der Waals surface area contributed by atoms with Crippen LogP contribution in [0, 0.1) is 19.3 Å². The number of aryl methyl sites for hydroxylation is 3. The van der Waals surface area contributed by atoms with Crippen molar-refractivity contribution < 1.29 is 0 Å². The Morgan fingerprint density at radius 2 is 1.57 bits per heavy atom. The van der Waals surface area contributed by atoms with Crippen LogP contribution in [0.5, 0.6) is 0 Å². The molecule has 5 heterocycles. The van der Waals surface area contributed by atoms with E-state index in [1.165, 1.54) is 33.4 Å². The summed E-state index contributed by atoms with van der Waals surface area (Å²) >= 11 is 0. The van der Waals surface area contributed by atoms with Crippen molar-refractivity contribution in [3.63, 3.8) is 0 Å². The molecule has 5 heteroatoms. The van der Waals surface area contributed by atoms with Gasteiger partial charge in [0.05, 0.1) is 22.6 Å². The molecule has 54 heavy (non-hydrogen) atoms. The van der Waals surface area contributed by atoms with Gasteiger partial charge in [0.25, 0.3) is 0 Å². The Balaban J connectivity index is 1.90. The van der Waals surface area contributed by atoms with E-state index in [0.717, 1.165) is 124 Å². The molecule has 0 fully saturated rings. The van der Waals surface area contributed by atoms with Gasteiger partial charge in [-0.3, -0.25) is 4.98 Å². The Bertz CT molecular complexity index is 2210. The minimum absolute atomic E-state index is 0.191. The second-order valence-electron chi connectivity index (χ2n) is 17.1. The van der Waals surface area contributed by atoms with E-state index < -0.39 is 0 Å². The highest BCUT2D eigenvalue weighted by atomic mass is 14.9. The van der Waals surface area contributed by atoms with Crippen molar-refractivity contribution >= 4 is 38.9 Å². The Morgan fingerprint density at radius 3 is 2.20 bits per heavy atom. The van der Waals surface area contributed by atoms with E-state index in [2.05, 4.69) is 136 Å². The van der Waals surface area contributed by atoms with Crippen LogP contribution in [0.15, 0.2) is 73.9 Å². The first-order valence-corrected chi connectivity index (χ1v) is 20.0. The van der Waals surface area contributed by atoms with Crippen LogP contribution < -0.4 is 5.32 Å². The van der Waals surface area contributed by atoms with Crippen molar-refractivity contribution in [1.82, 2.24) is 25.3 Å². The average molecular weight is 724 g/mol. The van der Waals surface area contributed by atoms with Crippen LogP contribution in [0.3, 0.4) is 0 Å². The van der Waals surface area contributed by atoms with Crippen LogP contribution in [0.25, 0.3) is 38.9 Å². The lowest BCUT2D eigenvalue weighted by atomic mass is 9.83. The summed E-state index contributed by atoms with van der Waals surface area (Å²) in [7, 11) is 0. The SMILES string of the molecule is C=CC1=C(C)c2cc3nc(c(CC(=C)CC)c4[nH]c(cc5[nH]c(cc1n2)c(C)c5CC)c(C)c4C(=C)NCCC(=C)CC(C)(C)C)[C@@H](CCC(=C)C)[C@@H]3C. The summed E-state index contributed by atoms with van der Waals surface area (Å²) in [5.74, 6) is 0.394. The maximum absolute atomic E-state index is 5.59. The zero-order valence-electron chi connectivity index (χ0n) is 35.1. The minimum Gasteiger partial charge on any atom is -0.385 e. The first kappa shape index (κ1) is 40.5. The molecule has 0 amide bonds. The molecule has 0 aromatic carbocycles. The van der Waals surface area contributed by atoms with Crippen LogP contribution in [-0.2, 0) is 12.8 Å². The van der Waals surface area contributed by atoms with Crippen molar-refractivity contribution in [3.05, 3.63) is 124 Å². The van der Waals surface area contributed by atoms with E-state index >= 15 is 0 Å². The molecular formula is C49H65N5. The Kier molecular flexibility index (Phi) is 12.3. The van der Waals surface area contributed by atoms with Gasteiger partial charge < -0.3 is 15.3 Å². The number of aromatic nitrogens is 4. The molecule has 5 rings (SSSR count). The van der Waals surface area contributed by atoms with Crippen LogP contribution in [-0.4, -0.2) is 26.5 Å². The van der Waals surface area contributed by atoms with Gasteiger partial charge in [-0.15, -0.1) is 6.58 Å². The molecule has 5 nitrogen and oxygen atoms in total. The molecule has 2 atom stereocenters. The Labute approximate surface area is 325 Å². The van der Waals surface area contributed by atoms with E-state index in [-0.39, 0.29) is 17.3 Å². The number of H-pyrrole nitrogens is 2. The standard InChI is InChI=1S/C49H65N5/c1-16-29(6)23-39-47-38(20-19-28(4)5)33(10)42(53-47)24-40-31(8)36(17-2)44(51-40)25-41-32(9)37(18-3)45(52-41)26-43-34(11)46(48(39)54-43)35(12)50-22-21-30(7)27-49(13,14)15/h17,24-26,33,38,50,52,54H,2,4,6-7,12,16,18-23,27H2,1,3,5,8-11,13-15H3/t33-,38-/m0/s1. The second kappa shape index (κ2) is 16.4. The zero-order valence-corrected chi connectivity index (χ0v) is 35.1. The molecule has 3 aromatic heterocycles. The molecule has 0 saturated heterocycles. The summed E-state index contributed by atoms with van der Waals surface area (Å²) in [5, 5.41) is 3.73. The molecule has 286 valence electrons. The summed E-state index contributed by atoms with van der Waals surface area (Å²) in [6.45, 7) is 45.2. The number of nitrogens with one attached hydrogen (secondary N) is 3. The lowest BCUT2D eigenvalue weighted by Gasteiger charge is -2.20. The lowest BCUT2D eigenvalue weighted by Crippen LogP contribution is -2.16. The highest BCUT2D eigenvalue weighted by Gasteiger charge is 2.32. The van der Waals surface area contributed by atoms with E-state index in [9.17, 15) is 0 Å². The van der Waals surface area contributed by atoms with Crippen molar-refractivity contribution in [2.45, 2.75) is 126 Å². The quantitative estimate of drug-likeness (QED) is 0.145. The summed E-state index contributed by atoms with van der Waals surface area (Å²) in [6, 6.07) is 6.69. The van der Waals surface area contributed by atoms with E-state index in [4.69, 9.17) is 9.97 Å². The molecular weight excluding hydrogens is 659 g/mol. The van der Waals surface area contributed by atoms with Crippen molar-refractivity contribution in [2.24, 2.45) is 5.41 Å². The first-order valence-electron chi connectivity index (χ1n) is 20.0. The third kappa shape index (κ3) is 8.51. The summed E-state index contributed by atoms with van der Waals surface area (Å²) < 4.78 is 0. The van der Waals surface area contributed by atoms with Crippen LogP contribution in [0.1, 0.15) is 150 Å². The molecule has 0 unspecified atom stereocenters. The smallest absolute Gasteiger partial charge is 0.0733 e. The van der Waals surface area contributed by atoms with Gasteiger partial charge in [-0.25, -0.2) is 4.98 Å². The number of rotatable bonds is 14. The normalized spacial score (nSPS) is 15.7. The van der Waals surface area contributed by atoms with Crippen LogP contribution in [0.4, 0.5) is 0 Å². The molecule has 2 aliphatic heterocycles. The highest BCUT2D eigenvalue weighted by Crippen LogP contribution is 2.44. The summed E-state index contributed by atoms with van der Waals surface area (Å²) in [5.41, 5.74) is 21.3. The third-order valence-corrected chi connectivity index (χ3v) is 11.4. The number of fused-ring (bicyclic) bond motifs is 8. The second-order valence-corrected chi connectivity index (χ2v) is 17.1. The molecule has 0 radical (unpaired) electrons. The highest BCUT2D eigenvalue weighted by molar-refractivity contribution is 5.96. The van der Waals surface area contributed by atoms with Gasteiger partial charge in [0.1, 0.15) is 0 Å². The molecule has 0 saturated carbocycles. The first-order chi connectivity index (χ1) is 25.5. The predicted octanol–water partition coefficient (Wildman–Crippen LogP) is 13.3. The number of allylic oxidation sites excluding steroid dienone is 5. The molecule has 8 bridgehead atoms. The number of aromatic amines is 2. The van der Waals surface area contributed by atoms with E-state index in [0.29, 0.717) is 0 Å². The van der Waals surface area contributed by atoms with Gasteiger partial charge in [-0.1, -0.05) is 90.7 Å². The molecule has 2 aliphatic rings. The minimum atomic E-state index is 0.191. The molecule has 3 aromatic rings. The fraction of sp³-hybridized carbons (Fsp3) is 0.429. The van der Waals surface area contributed by atoms with Gasteiger partial charge in [0.2, 0.25) is 0 Å². The monoisotopic (exact) mass is 724 g/mol. The van der Waals surface area contributed by atoms with Crippen molar-refractivity contribution in [2.75, 3.05) is 6.54 Å². The van der Waals surface area contributed by atoms with Gasteiger partial charge in [-0.05, 0) is 119 Å². The molecule has 0 aliphatic carbocycles. The molecule has 3 N–H and O–H groups in total. The fourth-order valence-electron chi connectivity index (χ4n) is 8.31. The average Bonchev–Trinajstić information content (AvgIpc) is 3.78. The summed E-state index contributed by atoms with van der Waals surface area (Å²) in [6.07, 6.45) is 8.24. The zero-order chi connectivity index (χ0) is 39.6. The largest absolute Gasteiger partial charge is 0.385 e. The van der Waals surface area contributed by atoms with Crippen molar-refractivity contribution in [3.8, 4) is 0 Å². The number of nitrogens with zero attached hydrogens (tertiary/aromatic N) is 2. The number of hydrogen-bond acceptors (Lipinski definition) is 3. The maximum atomic E-state index is 5.59. The fourth-order valence-corrected chi connectivity index (χ4v) is 8.31. The van der Waals surface area contributed by atoms with Gasteiger partial charge >= 0.3 is 0 Å². The van der Waals surface area contributed by atoms with Gasteiger partial charge in [0, 0.05) is 63.0 Å². The number of hydrogen-bond donors (Lipinski definition) is 3. The van der Waals surface area contributed by atoms with E-state index in [1.807, 2.05) is 6.08 Å². The predicted molar refractivity (Wildman–Crippen MR) is 236 cm³/mol. The third-order valence-electron chi connectivity index (χ3n) is 11.4. The van der Waals surface area contributed by atoms with Gasteiger partial charge in [0.15, 0.2) is 0 Å². The summed E-state index contributed by atoms with van der Waals surface area (Å²) in [4.78, 5) is 18.6. The molecule has 0 spiro atoms. The van der Waals surface area contributed by atoms with E-state index in [1.54, 1.807) is 0 Å². The topological polar surface area (TPSA) is 69.4 Å². The van der Waals surface area contributed by atoms with Crippen molar-refractivity contribution in [1.29, 1.82) is 0 Å². The Morgan fingerprint density at radius 1 is 0.870 bits per heavy atom. The maximum Gasteiger partial charge on any atom is 0.0733 e. The van der Waals surface area contributed by atoms with Gasteiger partial charge in [-0.2, -0.15) is 0 Å². The van der Waals surface area contributed by atoms with Crippen LogP contribution in [0.2, 0.25) is 0 Å². The Hall–Kier alpha value is -4.64. The lowest BCUT2D eigenvalue weighted by molar-refractivity contribution is 0.404. The van der Waals surface area contributed by atoms with Crippen LogP contribution >= 0.6 is 0 Å².